The fraction of sp³-hybridized carbons (Fsp3) is 0.923. The minimum absolute atomic E-state index is 0.215. The third-order valence-electron chi connectivity index (χ3n) is 3.15. The summed E-state index contributed by atoms with van der Waals surface area (Å²) in [5.74, 6) is 1.04. The molecule has 0 atom stereocenters. The van der Waals surface area contributed by atoms with Gasteiger partial charge in [0.1, 0.15) is 0 Å². The first kappa shape index (κ1) is 14.5. The molecule has 0 saturated carbocycles. The zero-order chi connectivity index (χ0) is 12.7. The Kier molecular flexibility index (Phi) is 6.52. The van der Waals surface area contributed by atoms with Gasteiger partial charge in [0, 0.05) is 26.1 Å². The number of hydrogen-bond acceptors (Lipinski definition) is 3. The van der Waals surface area contributed by atoms with Gasteiger partial charge in [-0.1, -0.05) is 13.8 Å². The number of hydrogen-bond donors (Lipinski definition) is 1. The van der Waals surface area contributed by atoms with E-state index in [0.29, 0.717) is 18.4 Å². The Labute approximate surface area is 105 Å². The van der Waals surface area contributed by atoms with E-state index in [0.717, 1.165) is 39.0 Å². The van der Waals surface area contributed by atoms with E-state index in [1.165, 1.54) is 0 Å². The van der Waals surface area contributed by atoms with E-state index in [-0.39, 0.29) is 5.92 Å². The first-order valence-corrected chi connectivity index (χ1v) is 6.63. The van der Waals surface area contributed by atoms with Crippen LogP contribution < -0.4 is 5.32 Å². The zero-order valence-corrected chi connectivity index (χ0v) is 11.4. The molecule has 1 fully saturated rings. The summed E-state index contributed by atoms with van der Waals surface area (Å²) in [5.41, 5.74) is 0. The van der Waals surface area contributed by atoms with Gasteiger partial charge in [-0.05, 0) is 31.8 Å². The predicted octanol–water partition coefficient (Wildman–Crippen LogP) is 1.12. The van der Waals surface area contributed by atoms with Crippen LogP contribution in [0, 0.1) is 11.8 Å². The maximum absolute atomic E-state index is 12.4. The number of nitrogens with zero attached hydrogens (tertiary/aromatic N) is 1. The molecule has 1 N–H and O–H groups in total. The molecule has 17 heavy (non-hydrogen) atoms. The minimum Gasteiger partial charge on any atom is -0.383 e. The summed E-state index contributed by atoms with van der Waals surface area (Å²) in [7, 11) is 1.68. The Bertz CT molecular complexity index is 225. The van der Waals surface area contributed by atoms with Crippen LogP contribution in [0.3, 0.4) is 0 Å². The molecular weight excluding hydrogens is 216 g/mol. The molecular formula is C13H26N2O2. The first-order chi connectivity index (χ1) is 8.15. The molecule has 0 aromatic rings. The molecule has 0 radical (unpaired) electrons. The van der Waals surface area contributed by atoms with Crippen molar-refractivity contribution in [2.75, 3.05) is 39.9 Å². The fourth-order valence-electron chi connectivity index (χ4n) is 2.26. The highest BCUT2D eigenvalue weighted by Crippen LogP contribution is 2.16. The maximum Gasteiger partial charge on any atom is 0.225 e. The molecule has 1 rings (SSSR count). The second-order valence-electron chi connectivity index (χ2n) is 5.20. The molecule has 1 aliphatic heterocycles. The topological polar surface area (TPSA) is 41.6 Å². The van der Waals surface area contributed by atoms with Gasteiger partial charge in [-0.25, -0.2) is 0 Å². The molecule has 1 amide bonds. The van der Waals surface area contributed by atoms with Crippen molar-refractivity contribution < 1.29 is 9.53 Å². The van der Waals surface area contributed by atoms with Crippen LogP contribution in [0.25, 0.3) is 0 Å². The zero-order valence-electron chi connectivity index (χ0n) is 11.4. The Morgan fingerprint density at radius 1 is 1.41 bits per heavy atom. The molecule has 1 heterocycles. The molecule has 0 bridgehead atoms. The van der Waals surface area contributed by atoms with Crippen molar-refractivity contribution in [3.05, 3.63) is 0 Å². The van der Waals surface area contributed by atoms with Crippen LogP contribution >= 0.6 is 0 Å². The molecule has 1 saturated heterocycles. The fourth-order valence-corrected chi connectivity index (χ4v) is 2.26. The number of ether oxygens (including phenoxy) is 1. The van der Waals surface area contributed by atoms with Crippen LogP contribution in [0.1, 0.15) is 26.7 Å². The van der Waals surface area contributed by atoms with Crippen LogP contribution in [0.2, 0.25) is 0 Å². The summed E-state index contributed by atoms with van der Waals surface area (Å²) < 4.78 is 5.09. The maximum atomic E-state index is 12.4. The van der Waals surface area contributed by atoms with Crippen molar-refractivity contribution in [3.63, 3.8) is 0 Å². The third-order valence-corrected chi connectivity index (χ3v) is 3.15. The van der Waals surface area contributed by atoms with E-state index in [1.807, 2.05) is 4.90 Å². The number of nitrogens with one attached hydrogen (secondary N) is 1. The van der Waals surface area contributed by atoms with E-state index in [2.05, 4.69) is 19.2 Å². The van der Waals surface area contributed by atoms with Gasteiger partial charge < -0.3 is 15.0 Å². The van der Waals surface area contributed by atoms with Crippen molar-refractivity contribution in [2.45, 2.75) is 26.7 Å². The molecule has 4 heteroatoms. The number of rotatable bonds is 6. The lowest BCUT2D eigenvalue weighted by Gasteiger charge is -2.30. The van der Waals surface area contributed by atoms with Crippen molar-refractivity contribution in [1.29, 1.82) is 0 Å². The number of amides is 1. The van der Waals surface area contributed by atoms with E-state index < -0.39 is 0 Å². The predicted molar refractivity (Wildman–Crippen MR) is 68.9 cm³/mol. The van der Waals surface area contributed by atoms with Crippen molar-refractivity contribution in [3.8, 4) is 0 Å². The lowest BCUT2D eigenvalue weighted by Crippen LogP contribution is -2.43. The molecule has 1 aliphatic rings. The number of carbonyl (C=O) groups excluding carboxylic acids is 1. The average Bonchev–Trinajstić information content (AvgIpc) is 2.34. The van der Waals surface area contributed by atoms with Crippen LogP contribution in [-0.2, 0) is 9.53 Å². The monoisotopic (exact) mass is 242 g/mol. The van der Waals surface area contributed by atoms with Gasteiger partial charge in [-0.2, -0.15) is 0 Å². The molecule has 0 aromatic carbocycles. The lowest BCUT2D eigenvalue weighted by atomic mass is 9.96. The molecule has 100 valence electrons. The van der Waals surface area contributed by atoms with E-state index in [1.54, 1.807) is 7.11 Å². The standard InChI is InChI=1S/C13H26N2O2/c1-11(2)10-15(8-9-17-3)13(16)12-4-6-14-7-5-12/h11-12,14H,4-10H2,1-3H3. The summed E-state index contributed by atoms with van der Waals surface area (Å²) in [6, 6.07) is 0. The summed E-state index contributed by atoms with van der Waals surface area (Å²) in [6.07, 6.45) is 1.95. The minimum atomic E-state index is 0.215. The number of methoxy groups -OCH3 is 1. The van der Waals surface area contributed by atoms with Crippen molar-refractivity contribution in [2.24, 2.45) is 11.8 Å². The van der Waals surface area contributed by atoms with Crippen LogP contribution in [0.4, 0.5) is 0 Å². The molecule has 4 nitrogen and oxygen atoms in total. The average molecular weight is 242 g/mol. The van der Waals surface area contributed by atoms with Gasteiger partial charge in [0.05, 0.1) is 6.61 Å². The van der Waals surface area contributed by atoms with E-state index in [4.69, 9.17) is 4.74 Å². The SMILES string of the molecule is COCCN(CC(C)C)C(=O)C1CCNCC1. The largest absolute Gasteiger partial charge is 0.383 e. The highest BCUT2D eigenvalue weighted by atomic mass is 16.5. The van der Waals surface area contributed by atoms with Gasteiger partial charge in [0.2, 0.25) is 5.91 Å². The van der Waals surface area contributed by atoms with Gasteiger partial charge in [-0.15, -0.1) is 0 Å². The molecule has 0 aliphatic carbocycles. The lowest BCUT2D eigenvalue weighted by molar-refractivity contribution is -0.137. The van der Waals surface area contributed by atoms with Gasteiger partial charge in [-0.3, -0.25) is 4.79 Å². The highest BCUT2D eigenvalue weighted by molar-refractivity contribution is 5.79. The van der Waals surface area contributed by atoms with E-state index >= 15 is 0 Å². The Morgan fingerprint density at radius 2 is 2.06 bits per heavy atom. The molecule has 0 aromatic heterocycles. The Hall–Kier alpha value is -0.610. The normalized spacial score (nSPS) is 17.4. The third kappa shape index (κ3) is 5.04. The van der Waals surface area contributed by atoms with Gasteiger partial charge in [0.15, 0.2) is 0 Å². The van der Waals surface area contributed by atoms with Crippen LogP contribution in [0.15, 0.2) is 0 Å². The summed E-state index contributed by atoms with van der Waals surface area (Å²) in [4.78, 5) is 14.4. The quantitative estimate of drug-likeness (QED) is 0.759. The van der Waals surface area contributed by atoms with Crippen molar-refractivity contribution >= 4 is 5.91 Å². The Morgan fingerprint density at radius 3 is 2.59 bits per heavy atom. The van der Waals surface area contributed by atoms with Gasteiger partial charge >= 0.3 is 0 Å². The van der Waals surface area contributed by atoms with Crippen LogP contribution in [-0.4, -0.2) is 50.7 Å². The smallest absolute Gasteiger partial charge is 0.225 e. The van der Waals surface area contributed by atoms with Crippen LogP contribution in [0.5, 0.6) is 0 Å². The highest BCUT2D eigenvalue weighted by Gasteiger charge is 2.25. The van der Waals surface area contributed by atoms with Crippen molar-refractivity contribution in [1.82, 2.24) is 10.2 Å². The Balaban J connectivity index is 2.50. The molecule has 0 unspecified atom stereocenters. The second-order valence-corrected chi connectivity index (χ2v) is 5.20. The van der Waals surface area contributed by atoms with E-state index in [9.17, 15) is 4.79 Å². The summed E-state index contributed by atoms with van der Waals surface area (Å²) in [6.45, 7) is 8.42. The number of carbonyl (C=O) groups is 1. The number of piperidine rings is 1. The molecule has 0 spiro atoms. The summed E-state index contributed by atoms with van der Waals surface area (Å²) in [5, 5.41) is 3.30. The second kappa shape index (κ2) is 7.67. The van der Waals surface area contributed by atoms with Gasteiger partial charge in [0.25, 0.3) is 0 Å². The first-order valence-electron chi connectivity index (χ1n) is 6.63. The summed E-state index contributed by atoms with van der Waals surface area (Å²) >= 11 is 0.